The summed E-state index contributed by atoms with van der Waals surface area (Å²) in [7, 11) is -3.56. The minimum atomic E-state index is -3.56. The third-order valence-corrected chi connectivity index (χ3v) is 7.59. The lowest BCUT2D eigenvalue weighted by Gasteiger charge is -2.28. The number of hydrogen-bond acceptors (Lipinski definition) is 5. The Kier molecular flexibility index (Phi) is 4.54. The first-order valence-corrected chi connectivity index (χ1v) is 9.81. The standard InChI is InChI=1S/C14H21N3O3S2/c1-10-4-5-13(21-10)22(19,20)17-6-2-3-12(17)14(18)16-9-11-7-15-8-11/h4-5,11-12,15H,2-3,6-9H2,1H3,(H,16,18). The molecule has 1 aromatic heterocycles. The molecule has 3 rings (SSSR count). The maximum atomic E-state index is 12.7. The van der Waals surface area contributed by atoms with Gasteiger partial charge in [0.15, 0.2) is 0 Å². The van der Waals surface area contributed by atoms with Gasteiger partial charge in [0, 0.05) is 37.0 Å². The van der Waals surface area contributed by atoms with Crippen LogP contribution in [0.4, 0.5) is 0 Å². The molecule has 8 heteroatoms. The zero-order valence-corrected chi connectivity index (χ0v) is 14.2. The van der Waals surface area contributed by atoms with Gasteiger partial charge in [0.1, 0.15) is 10.3 Å². The molecule has 2 aliphatic rings. The van der Waals surface area contributed by atoms with Crippen molar-refractivity contribution in [1.29, 1.82) is 0 Å². The Balaban J connectivity index is 1.70. The molecule has 2 aliphatic heterocycles. The Bertz CT molecular complexity index is 652. The predicted molar refractivity (Wildman–Crippen MR) is 85.3 cm³/mol. The first-order valence-electron chi connectivity index (χ1n) is 7.55. The van der Waals surface area contributed by atoms with E-state index in [4.69, 9.17) is 0 Å². The highest BCUT2D eigenvalue weighted by atomic mass is 32.2. The molecule has 2 fully saturated rings. The molecular formula is C14H21N3O3S2. The molecule has 2 saturated heterocycles. The molecular weight excluding hydrogens is 322 g/mol. The van der Waals surface area contributed by atoms with Crippen molar-refractivity contribution in [2.45, 2.75) is 30.0 Å². The summed E-state index contributed by atoms with van der Waals surface area (Å²) >= 11 is 1.26. The first kappa shape index (κ1) is 15.9. The molecule has 22 heavy (non-hydrogen) atoms. The number of nitrogens with zero attached hydrogens (tertiary/aromatic N) is 1. The molecule has 3 heterocycles. The van der Waals surface area contributed by atoms with Crippen LogP contribution >= 0.6 is 11.3 Å². The number of thiophene rings is 1. The molecule has 0 spiro atoms. The Labute approximate surface area is 134 Å². The third-order valence-electron chi connectivity index (χ3n) is 4.22. The van der Waals surface area contributed by atoms with Crippen molar-refractivity contribution >= 4 is 27.3 Å². The Hall–Kier alpha value is -0.960. The lowest BCUT2D eigenvalue weighted by Crippen LogP contribution is -2.51. The Morgan fingerprint density at radius 3 is 2.82 bits per heavy atom. The second kappa shape index (κ2) is 6.27. The lowest BCUT2D eigenvalue weighted by atomic mass is 10.0. The number of rotatable bonds is 5. The van der Waals surface area contributed by atoms with Crippen molar-refractivity contribution in [2.24, 2.45) is 5.92 Å². The maximum absolute atomic E-state index is 12.7. The molecule has 0 bridgehead atoms. The molecule has 0 aliphatic carbocycles. The second-order valence-corrected chi connectivity index (χ2v) is 9.31. The van der Waals surface area contributed by atoms with E-state index in [2.05, 4.69) is 10.6 Å². The summed E-state index contributed by atoms with van der Waals surface area (Å²) in [4.78, 5) is 13.3. The van der Waals surface area contributed by atoms with Crippen LogP contribution in [-0.4, -0.2) is 50.9 Å². The predicted octanol–water partition coefficient (Wildman–Crippen LogP) is 0.545. The largest absolute Gasteiger partial charge is 0.354 e. The average molecular weight is 343 g/mol. The van der Waals surface area contributed by atoms with Gasteiger partial charge in [-0.15, -0.1) is 11.3 Å². The molecule has 122 valence electrons. The summed E-state index contributed by atoms with van der Waals surface area (Å²) in [6.45, 7) is 4.75. The number of amides is 1. The summed E-state index contributed by atoms with van der Waals surface area (Å²) < 4.78 is 27.1. The van der Waals surface area contributed by atoms with Crippen LogP contribution in [0.25, 0.3) is 0 Å². The van der Waals surface area contributed by atoms with Crippen molar-refractivity contribution in [1.82, 2.24) is 14.9 Å². The van der Waals surface area contributed by atoms with E-state index in [0.29, 0.717) is 29.6 Å². The topological polar surface area (TPSA) is 78.5 Å². The summed E-state index contributed by atoms with van der Waals surface area (Å²) in [5.41, 5.74) is 0. The molecule has 1 amide bonds. The highest BCUT2D eigenvalue weighted by Crippen LogP contribution is 2.30. The van der Waals surface area contributed by atoms with Crippen LogP contribution in [0.1, 0.15) is 17.7 Å². The van der Waals surface area contributed by atoms with Crippen LogP contribution in [0, 0.1) is 12.8 Å². The minimum Gasteiger partial charge on any atom is -0.354 e. The quantitative estimate of drug-likeness (QED) is 0.818. The second-order valence-electron chi connectivity index (χ2n) is 5.91. The normalized spacial score (nSPS) is 23.4. The van der Waals surface area contributed by atoms with E-state index in [0.717, 1.165) is 24.4 Å². The summed E-state index contributed by atoms with van der Waals surface area (Å²) in [6.07, 6.45) is 1.32. The fraction of sp³-hybridized carbons (Fsp3) is 0.643. The number of carbonyl (C=O) groups is 1. The monoisotopic (exact) mass is 343 g/mol. The van der Waals surface area contributed by atoms with Gasteiger partial charge in [0.25, 0.3) is 10.0 Å². The smallest absolute Gasteiger partial charge is 0.253 e. The van der Waals surface area contributed by atoms with E-state index in [1.807, 2.05) is 6.92 Å². The molecule has 1 unspecified atom stereocenters. The highest BCUT2D eigenvalue weighted by Gasteiger charge is 2.40. The summed E-state index contributed by atoms with van der Waals surface area (Å²) in [5.74, 6) is 0.302. The molecule has 0 aromatic carbocycles. The van der Waals surface area contributed by atoms with Crippen LogP contribution in [-0.2, 0) is 14.8 Å². The van der Waals surface area contributed by atoms with Crippen molar-refractivity contribution in [3.63, 3.8) is 0 Å². The number of hydrogen-bond donors (Lipinski definition) is 2. The van der Waals surface area contributed by atoms with Crippen molar-refractivity contribution in [3.05, 3.63) is 17.0 Å². The van der Waals surface area contributed by atoms with Gasteiger partial charge in [-0.05, 0) is 31.9 Å². The Morgan fingerprint density at radius 1 is 1.45 bits per heavy atom. The highest BCUT2D eigenvalue weighted by molar-refractivity contribution is 7.91. The van der Waals surface area contributed by atoms with Gasteiger partial charge >= 0.3 is 0 Å². The SMILES string of the molecule is Cc1ccc(S(=O)(=O)N2CCCC2C(=O)NCC2CNC2)s1. The number of nitrogens with one attached hydrogen (secondary N) is 2. The van der Waals surface area contributed by atoms with Crippen LogP contribution in [0.5, 0.6) is 0 Å². The van der Waals surface area contributed by atoms with Gasteiger partial charge in [0.05, 0.1) is 0 Å². The fourth-order valence-electron chi connectivity index (χ4n) is 2.81. The van der Waals surface area contributed by atoms with E-state index in [-0.39, 0.29) is 5.91 Å². The van der Waals surface area contributed by atoms with Crippen LogP contribution in [0.3, 0.4) is 0 Å². The molecule has 0 radical (unpaired) electrons. The van der Waals surface area contributed by atoms with Crippen LogP contribution < -0.4 is 10.6 Å². The number of sulfonamides is 1. The van der Waals surface area contributed by atoms with Crippen molar-refractivity contribution < 1.29 is 13.2 Å². The molecule has 2 N–H and O–H groups in total. The number of carbonyl (C=O) groups excluding carboxylic acids is 1. The van der Waals surface area contributed by atoms with E-state index in [9.17, 15) is 13.2 Å². The molecule has 0 saturated carbocycles. The molecule has 6 nitrogen and oxygen atoms in total. The van der Waals surface area contributed by atoms with Crippen molar-refractivity contribution in [2.75, 3.05) is 26.2 Å². The van der Waals surface area contributed by atoms with E-state index < -0.39 is 16.1 Å². The van der Waals surface area contributed by atoms with Crippen molar-refractivity contribution in [3.8, 4) is 0 Å². The average Bonchev–Trinajstić information content (AvgIpc) is 3.05. The third kappa shape index (κ3) is 3.05. The zero-order valence-electron chi connectivity index (χ0n) is 12.5. The summed E-state index contributed by atoms with van der Waals surface area (Å²) in [6, 6.07) is 2.86. The van der Waals surface area contributed by atoms with Crippen LogP contribution in [0.15, 0.2) is 16.3 Å². The van der Waals surface area contributed by atoms with E-state index in [1.165, 1.54) is 15.6 Å². The Morgan fingerprint density at radius 2 is 2.23 bits per heavy atom. The van der Waals surface area contributed by atoms with E-state index in [1.54, 1.807) is 12.1 Å². The molecule has 1 atom stereocenters. The van der Waals surface area contributed by atoms with E-state index >= 15 is 0 Å². The fourth-order valence-corrected chi connectivity index (χ4v) is 5.88. The zero-order chi connectivity index (χ0) is 15.7. The van der Waals surface area contributed by atoms with Gasteiger partial charge in [-0.1, -0.05) is 0 Å². The maximum Gasteiger partial charge on any atom is 0.253 e. The van der Waals surface area contributed by atoms with Gasteiger partial charge in [-0.25, -0.2) is 8.42 Å². The first-order chi connectivity index (χ1) is 10.5. The van der Waals surface area contributed by atoms with Gasteiger partial charge < -0.3 is 10.6 Å². The van der Waals surface area contributed by atoms with Gasteiger partial charge in [-0.3, -0.25) is 4.79 Å². The van der Waals surface area contributed by atoms with Gasteiger partial charge in [0.2, 0.25) is 5.91 Å². The molecule has 1 aromatic rings. The lowest BCUT2D eigenvalue weighted by molar-refractivity contribution is -0.124. The van der Waals surface area contributed by atoms with Crippen LogP contribution in [0.2, 0.25) is 0 Å². The van der Waals surface area contributed by atoms with Gasteiger partial charge in [-0.2, -0.15) is 4.31 Å². The summed E-state index contributed by atoms with van der Waals surface area (Å²) in [5, 5.41) is 6.06. The minimum absolute atomic E-state index is 0.166. The number of aryl methyl sites for hydroxylation is 1.